The van der Waals surface area contributed by atoms with Crippen LogP contribution in [0.3, 0.4) is 0 Å². The Morgan fingerprint density at radius 2 is 2.05 bits per heavy atom. The fourth-order valence-electron chi connectivity index (χ4n) is 3.61. The molecular formula is C18H21NO2. The Bertz CT molecular complexity index is 734. The van der Waals surface area contributed by atoms with E-state index in [2.05, 4.69) is 6.92 Å². The predicted octanol–water partition coefficient (Wildman–Crippen LogP) is 4.38. The number of rotatable bonds is 2. The van der Waals surface area contributed by atoms with E-state index >= 15 is 0 Å². The molecule has 110 valence electrons. The maximum absolute atomic E-state index is 11.9. The number of fused-ring (bicyclic) bond motifs is 2. The number of hydrogen-bond acceptors (Lipinski definition) is 2. The van der Waals surface area contributed by atoms with Gasteiger partial charge in [-0.05, 0) is 56.2 Å². The van der Waals surface area contributed by atoms with Crippen molar-refractivity contribution in [3.05, 3.63) is 40.1 Å². The van der Waals surface area contributed by atoms with Crippen LogP contribution in [0.1, 0.15) is 64.8 Å². The van der Waals surface area contributed by atoms with Gasteiger partial charge in [-0.25, -0.2) is 4.79 Å². The zero-order valence-electron chi connectivity index (χ0n) is 12.9. The van der Waals surface area contributed by atoms with Crippen LogP contribution >= 0.6 is 0 Å². The molecule has 0 aliphatic heterocycles. The lowest BCUT2D eigenvalue weighted by molar-refractivity contribution is 0.0697. The minimum atomic E-state index is -0.816. The fourth-order valence-corrected chi connectivity index (χ4v) is 3.61. The summed E-state index contributed by atoms with van der Waals surface area (Å²) in [4.78, 5) is 16.8. The number of carboxylic acids is 1. The topological polar surface area (TPSA) is 50.2 Å². The molecule has 0 amide bonds. The lowest BCUT2D eigenvalue weighted by Crippen LogP contribution is -2.17. The molecule has 0 saturated heterocycles. The second-order valence-corrected chi connectivity index (χ2v) is 6.08. The maximum Gasteiger partial charge on any atom is 0.336 e. The Kier molecular flexibility index (Phi) is 3.44. The Morgan fingerprint density at radius 3 is 2.71 bits per heavy atom. The molecule has 1 atom stereocenters. The molecule has 1 aromatic heterocycles. The standard InChI is InChI=1S/C18H21NO2/c1-4-12-6-5-7-13-15(18(20)21)14-10(2)8-9-11(3)16(14)19-17(12)13/h8-9,12H,4-7H2,1-3H3,(H,20,21). The zero-order chi connectivity index (χ0) is 15.1. The van der Waals surface area contributed by atoms with Gasteiger partial charge in [0.25, 0.3) is 0 Å². The number of aromatic nitrogens is 1. The molecule has 3 heteroatoms. The van der Waals surface area contributed by atoms with Gasteiger partial charge in [0.2, 0.25) is 0 Å². The molecule has 1 aliphatic carbocycles. The first-order chi connectivity index (χ1) is 10.0. The Morgan fingerprint density at radius 1 is 1.33 bits per heavy atom. The molecular weight excluding hydrogens is 262 g/mol. The highest BCUT2D eigenvalue weighted by Gasteiger charge is 2.28. The van der Waals surface area contributed by atoms with Gasteiger partial charge in [-0.1, -0.05) is 19.1 Å². The first kappa shape index (κ1) is 14.1. The van der Waals surface area contributed by atoms with E-state index in [1.165, 1.54) is 0 Å². The van der Waals surface area contributed by atoms with Gasteiger partial charge in [-0.15, -0.1) is 0 Å². The lowest BCUT2D eigenvalue weighted by Gasteiger charge is -2.26. The van der Waals surface area contributed by atoms with Gasteiger partial charge in [0, 0.05) is 17.0 Å². The van der Waals surface area contributed by atoms with Gasteiger partial charge in [-0.3, -0.25) is 4.98 Å². The van der Waals surface area contributed by atoms with E-state index < -0.39 is 5.97 Å². The van der Waals surface area contributed by atoms with E-state index in [0.717, 1.165) is 59.0 Å². The fraction of sp³-hybridized carbons (Fsp3) is 0.444. The Hall–Kier alpha value is -1.90. The second kappa shape index (κ2) is 5.14. The number of aromatic carboxylic acids is 1. The average molecular weight is 283 g/mol. The van der Waals surface area contributed by atoms with Crippen molar-refractivity contribution in [3.63, 3.8) is 0 Å². The van der Waals surface area contributed by atoms with Gasteiger partial charge in [0.15, 0.2) is 0 Å². The Balaban J connectivity index is 2.47. The highest BCUT2D eigenvalue weighted by molar-refractivity contribution is 6.06. The highest BCUT2D eigenvalue weighted by atomic mass is 16.4. The van der Waals surface area contributed by atoms with Crippen LogP contribution in [0.25, 0.3) is 10.9 Å². The van der Waals surface area contributed by atoms with E-state index in [9.17, 15) is 9.90 Å². The predicted molar refractivity (Wildman–Crippen MR) is 84.1 cm³/mol. The normalized spacial score (nSPS) is 17.8. The van der Waals surface area contributed by atoms with Crippen LogP contribution in [0.5, 0.6) is 0 Å². The quantitative estimate of drug-likeness (QED) is 0.889. The number of hydrogen-bond donors (Lipinski definition) is 1. The van der Waals surface area contributed by atoms with Crippen LogP contribution in [0.15, 0.2) is 12.1 Å². The van der Waals surface area contributed by atoms with Crippen molar-refractivity contribution in [2.45, 2.75) is 52.4 Å². The molecule has 0 spiro atoms. The smallest absolute Gasteiger partial charge is 0.336 e. The van der Waals surface area contributed by atoms with Crippen molar-refractivity contribution in [3.8, 4) is 0 Å². The molecule has 1 aliphatic rings. The number of carboxylic acid groups (broad SMARTS) is 1. The summed E-state index contributed by atoms with van der Waals surface area (Å²) < 4.78 is 0. The zero-order valence-corrected chi connectivity index (χ0v) is 12.9. The van der Waals surface area contributed by atoms with Gasteiger partial charge in [-0.2, -0.15) is 0 Å². The second-order valence-electron chi connectivity index (χ2n) is 6.08. The first-order valence-corrected chi connectivity index (χ1v) is 7.70. The van der Waals surface area contributed by atoms with Crippen molar-refractivity contribution in [1.29, 1.82) is 0 Å². The third-order valence-electron chi connectivity index (χ3n) is 4.75. The van der Waals surface area contributed by atoms with Crippen molar-refractivity contribution < 1.29 is 9.90 Å². The van der Waals surface area contributed by atoms with Gasteiger partial charge in [0.1, 0.15) is 0 Å². The molecule has 1 N–H and O–H groups in total. The van der Waals surface area contributed by atoms with E-state index in [-0.39, 0.29) is 0 Å². The summed E-state index contributed by atoms with van der Waals surface area (Å²) in [6.07, 6.45) is 4.04. The van der Waals surface area contributed by atoms with E-state index in [0.29, 0.717) is 11.5 Å². The molecule has 1 unspecified atom stereocenters. The van der Waals surface area contributed by atoms with E-state index in [1.807, 2.05) is 26.0 Å². The summed E-state index contributed by atoms with van der Waals surface area (Å²) in [5, 5.41) is 10.6. The first-order valence-electron chi connectivity index (χ1n) is 7.70. The number of pyridine rings is 1. The summed E-state index contributed by atoms with van der Waals surface area (Å²) in [5.41, 5.74) is 5.42. The number of benzene rings is 1. The van der Waals surface area contributed by atoms with Crippen molar-refractivity contribution in [2.75, 3.05) is 0 Å². The molecule has 3 nitrogen and oxygen atoms in total. The van der Waals surface area contributed by atoms with Crippen LogP contribution < -0.4 is 0 Å². The Labute approximate surface area is 125 Å². The lowest BCUT2D eigenvalue weighted by atomic mass is 9.81. The molecule has 0 fully saturated rings. The van der Waals surface area contributed by atoms with Gasteiger partial charge in [0.05, 0.1) is 11.1 Å². The van der Waals surface area contributed by atoms with Crippen LogP contribution in [-0.4, -0.2) is 16.1 Å². The third-order valence-corrected chi connectivity index (χ3v) is 4.75. The average Bonchev–Trinajstić information content (AvgIpc) is 2.48. The molecule has 0 bridgehead atoms. The minimum absolute atomic E-state index is 0.399. The highest BCUT2D eigenvalue weighted by Crippen LogP contribution is 2.38. The van der Waals surface area contributed by atoms with Crippen LogP contribution in [0.2, 0.25) is 0 Å². The molecule has 2 aromatic rings. The SMILES string of the molecule is CCC1CCCc2c1nc1c(C)ccc(C)c1c2C(=O)O. The van der Waals surface area contributed by atoms with Gasteiger partial charge < -0.3 is 5.11 Å². The summed E-state index contributed by atoms with van der Waals surface area (Å²) in [7, 11) is 0. The largest absolute Gasteiger partial charge is 0.478 e. The van der Waals surface area contributed by atoms with Crippen molar-refractivity contribution in [1.82, 2.24) is 4.98 Å². The van der Waals surface area contributed by atoms with E-state index in [1.54, 1.807) is 0 Å². The molecule has 1 heterocycles. The monoisotopic (exact) mass is 283 g/mol. The summed E-state index contributed by atoms with van der Waals surface area (Å²) in [6.45, 7) is 6.15. The summed E-state index contributed by atoms with van der Waals surface area (Å²) in [6, 6.07) is 4.03. The summed E-state index contributed by atoms with van der Waals surface area (Å²) >= 11 is 0. The number of carbonyl (C=O) groups is 1. The van der Waals surface area contributed by atoms with Crippen LogP contribution in [0, 0.1) is 13.8 Å². The van der Waals surface area contributed by atoms with Crippen LogP contribution in [0.4, 0.5) is 0 Å². The van der Waals surface area contributed by atoms with Crippen molar-refractivity contribution in [2.24, 2.45) is 0 Å². The number of nitrogens with zero attached hydrogens (tertiary/aromatic N) is 1. The van der Waals surface area contributed by atoms with E-state index in [4.69, 9.17) is 4.98 Å². The molecule has 0 radical (unpaired) electrons. The van der Waals surface area contributed by atoms with Crippen molar-refractivity contribution >= 4 is 16.9 Å². The molecule has 0 saturated carbocycles. The minimum Gasteiger partial charge on any atom is -0.478 e. The summed E-state index contributed by atoms with van der Waals surface area (Å²) in [5.74, 6) is -0.416. The number of aryl methyl sites for hydroxylation is 2. The molecule has 21 heavy (non-hydrogen) atoms. The third kappa shape index (κ3) is 2.11. The molecule has 3 rings (SSSR count). The van der Waals surface area contributed by atoms with Gasteiger partial charge >= 0.3 is 5.97 Å². The maximum atomic E-state index is 11.9. The molecule has 1 aromatic carbocycles. The van der Waals surface area contributed by atoms with Crippen LogP contribution in [-0.2, 0) is 6.42 Å².